The van der Waals surface area contributed by atoms with Crippen molar-refractivity contribution < 1.29 is 4.42 Å². The van der Waals surface area contributed by atoms with Gasteiger partial charge in [-0.1, -0.05) is 18.2 Å². The van der Waals surface area contributed by atoms with Crippen molar-refractivity contribution in [3.63, 3.8) is 0 Å². The number of aromatic nitrogens is 2. The molecule has 0 saturated carbocycles. The average Bonchev–Trinajstić information content (AvgIpc) is 3.22. The zero-order valence-electron chi connectivity index (χ0n) is 12.1. The van der Waals surface area contributed by atoms with E-state index < -0.39 is 0 Å². The Morgan fingerprint density at radius 2 is 1.91 bits per heavy atom. The molecule has 0 fully saturated rings. The monoisotopic (exact) mass is 413 g/mol. The molecule has 4 nitrogen and oxygen atoms in total. The smallest absolute Gasteiger partial charge is 0.168 e. The number of hydrogen-bond donors (Lipinski definition) is 0. The third-order valence-electron chi connectivity index (χ3n) is 3.47. The van der Waals surface area contributed by atoms with Gasteiger partial charge in [-0.3, -0.25) is 4.40 Å². The maximum Gasteiger partial charge on any atom is 0.168 e. The predicted octanol–water partition coefficient (Wildman–Crippen LogP) is 4.95. The molecule has 23 heavy (non-hydrogen) atoms. The van der Waals surface area contributed by atoms with Crippen molar-refractivity contribution in [3.8, 4) is 11.5 Å². The minimum atomic E-state index is 0.712. The molecule has 0 N–H and O–H groups in total. The second-order valence-electron chi connectivity index (χ2n) is 5.00. The molecular formula is C18H12IN3O. The molecule has 0 aliphatic carbocycles. The Morgan fingerprint density at radius 3 is 2.70 bits per heavy atom. The maximum absolute atomic E-state index is 5.51. The first-order chi connectivity index (χ1) is 11.3. The minimum absolute atomic E-state index is 0.712. The summed E-state index contributed by atoms with van der Waals surface area (Å²) in [7, 11) is 0. The van der Waals surface area contributed by atoms with Gasteiger partial charge in [-0.2, -0.15) is 0 Å². The fourth-order valence-corrected chi connectivity index (χ4v) is 2.73. The highest BCUT2D eigenvalue weighted by Crippen LogP contribution is 2.31. The van der Waals surface area contributed by atoms with Crippen molar-refractivity contribution in [1.82, 2.24) is 9.38 Å². The molecule has 0 bridgehead atoms. The fraction of sp³-hybridized carbons (Fsp3) is 0. The van der Waals surface area contributed by atoms with E-state index in [9.17, 15) is 0 Å². The van der Waals surface area contributed by atoms with Crippen LogP contribution in [0.1, 0.15) is 5.56 Å². The van der Waals surface area contributed by atoms with E-state index in [2.05, 4.69) is 44.7 Å². The zero-order chi connectivity index (χ0) is 15.6. The topological polar surface area (TPSA) is 42.8 Å². The SMILES string of the molecule is Ic1ccc(C=Nc2c(-c3ccco3)nc3ccccn23)cc1. The summed E-state index contributed by atoms with van der Waals surface area (Å²) in [5, 5.41) is 0. The van der Waals surface area contributed by atoms with Crippen LogP contribution in [-0.4, -0.2) is 15.6 Å². The molecule has 4 aromatic rings. The molecule has 4 rings (SSSR count). The van der Waals surface area contributed by atoms with Crippen molar-refractivity contribution in [2.45, 2.75) is 0 Å². The first-order valence-electron chi connectivity index (χ1n) is 7.12. The van der Waals surface area contributed by atoms with Gasteiger partial charge in [0.25, 0.3) is 0 Å². The van der Waals surface area contributed by atoms with Crippen LogP contribution in [0.3, 0.4) is 0 Å². The van der Waals surface area contributed by atoms with Crippen molar-refractivity contribution in [3.05, 3.63) is 76.2 Å². The summed E-state index contributed by atoms with van der Waals surface area (Å²) < 4.78 is 8.67. The lowest BCUT2D eigenvalue weighted by Crippen LogP contribution is -1.85. The number of fused-ring (bicyclic) bond motifs is 1. The molecule has 0 aliphatic heterocycles. The molecule has 0 amide bonds. The van der Waals surface area contributed by atoms with E-state index in [1.54, 1.807) is 6.26 Å². The van der Waals surface area contributed by atoms with Crippen LogP contribution in [0.2, 0.25) is 0 Å². The van der Waals surface area contributed by atoms with Crippen molar-refractivity contribution in [2.75, 3.05) is 0 Å². The van der Waals surface area contributed by atoms with Gasteiger partial charge in [0.1, 0.15) is 5.65 Å². The largest absolute Gasteiger partial charge is 0.463 e. The lowest BCUT2D eigenvalue weighted by molar-refractivity contribution is 0.580. The summed E-state index contributed by atoms with van der Waals surface area (Å²) >= 11 is 2.29. The van der Waals surface area contributed by atoms with Gasteiger partial charge in [0.05, 0.1) is 6.26 Å². The Kier molecular flexibility index (Phi) is 3.70. The fourth-order valence-electron chi connectivity index (χ4n) is 2.37. The molecule has 0 radical (unpaired) electrons. The molecular weight excluding hydrogens is 401 g/mol. The predicted molar refractivity (Wildman–Crippen MR) is 99.3 cm³/mol. The summed E-state index contributed by atoms with van der Waals surface area (Å²) in [5.74, 6) is 1.47. The van der Waals surface area contributed by atoms with Crippen LogP contribution in [0.25, 0.3) is 17.1 Å². The van der Waals surface area contributed by atoms with Crippen LogP contribution in [0, 0.1) is 3.57 Å². The summed E-state index contributed by atoms with van der Waals surface area (Å²) in [4.78, 5) is 9.30. The molecule has 0 spiro atoms. The highest BCUT2D eigenvalue weighted by molar-refractivity contribution is 14.1. The zero-order valence-corrected chi connectivity index (χ0v) is 14.2. The van der Waals surface area contributed by atoms with E-state index in [1.807, 2.05) is 59.3 Å². The lowest BCUT2D eigenvalue weighted by atomic mass is 10.2. The van der Waals surface area contributed by atoms with Crippen molar-refractivity contribution in [2.24, 2.45) is 4.99 Å². The van der Waals surface area contributed by atoms with Crippen LogP contribution in [-0.2, 0) is 0 Å². The Morgan fingerprint density at radius 1 is 1.04 bits per heavy atom. The Hall–Kier alpha value is -2.41. The van der Waals surface area contributed by atoms with Gasteiger partial charge in [-0.05, 0) is 64.6 Å². The first kappa shape index (κ1) is 14.2. The van der Waals surface area contributed by atoms with Crippen LogP contribution in [0.4, 0.5) is 5.82 Å². The van der Waals surface area contributed by atoms with E-state index in [0.717, 1.165) is 22.7 Å². The minimum Gasteiger partial charge on any atom is -0.463 e. The van der Waals surface area contributed by atoms with Gasteiger partial charge >= 0.3 is 0 Å². The van der Waals surface area contributed by atoms with Crippen LogP contribution < -0.4 is 0 Å². The molecule has 112 valence electrons. The van der Waals surface area contributed by atoms with E-state index in [0.29, 0.717) is 5.76 Å². The van der Waals surface area contributed by atoms with E-state index >= 15 is 0 Å². The third-order valence-corrected chi connectivity index (χ3v) is 4.18. The number of imidazole rings is 1. The molecule has 0 atom stereocenters. The van der Waals surface area contributed by atoms with Crippen LogP contribution >= 0.6 is 22.6 Å². The maximum atomic E-state index is 5.51. The number of nitrogens with zero attached hydrogens (tertiary/aromatic N) is 3. The van der Waals surface area contributed by atoms with Gasteiger partial charge in [0.15, 0.2) is 17.3 Å². The highest BCUT2D eigenvalue weighted by atomic mass is 127. The second-order valence-corrected chi connectivity index (χ2v) is 6.25. The molecule has 5 heteroatoms. The van der Waals surface area contributed by atoms with Gasteiger partial charge in [-0.15, -0.1) is 0 Å². The summed E-state index contributed by atoms with van der Waals surface area (Å²) in [6.45, 7) is 0. The second kappa shape index (κ2) is 6.00. The average molecular weight is 413 g/mol. The summed E-state index contributed by atoms with van der Waals surface area (Å²) in [6.07, 6.45) is 5.44. The first-order valence-corrected chi connectivity index (χ1v) is 8.20. The van der Waals surface area contributed by atoms with Crippen LogP contribution in [0.15, 0.2) is 76.5 Å². The molecule has 1 aromatic carbocycles. The third kappa shape index (κ3) is 2.79. The molecule has 3 aromatic heterocycles. The van der Waals surface area contributed by atoms with Crippen molar-refractivity contribution >= 4 is 40.3 Å². The number of benzene rings is 1. The standard InChI is InChI=1S/C18H12IN3O/c19-14-8-6-13(7-9-14)12-20-18-17(15-4-3-11-23-15)21-16-5-1-2-10-22(16)18/h1-12H. The van der Waals surface area contributed by atoms with Crippen LogP contribution in [0.5, 0.6) is 0 Å². The number of furan rings is 1. The number of hydrogen-bond acceptors (Lipinski definition) is 3. The van der Waals surface area contributed by atoms with Crippen molar-refractivity contribution in [1.29, 1.82) is 0 Å². The Balaban J connectivity index is 1.84. The summed E-state index contributed by atoms with van der Waals surface area (Å²) in [6, 6.07) is 17.8. The van der Waals surface area contributed by atoms with E-state index in [-0.39, 0.29) is 0 Å². The summed E-state index contributed by atoms with van der Waals surface area (Å²) in [5.41, 5.74) is 2.62. The molecule has 0 unspecified atom stereocenters. The van der Waals surface area contributed by atoms with Gasteiger partial charge in [0, 0.05) is 16.0 Å². The Bertz CT molecular complexity index is 969. The molecule has 3 heterocycles. The molecule has 0 saturated heterocycles. The Labute approximate surface area is 146 Å². The van der Waals surface area contributed by atoms with E-state index in [1.165, 1.54) is 3.57 Å². The normalized spacial score (nSPS) is 11.5. The quantitative estimate of drug-likeness (QED) is 0.353. The molecule has 0 aliphatic rings. The number of aliphatic imine (C=N–C) groups is 1. The number of halogens is 1. The lowest BCUT2D eigenvalue weighted by Gasteiger charge is -1.98. The number of rotatable bonds is 3. The van der Waals surface area contributed by atoms with Gasteiger partial charge in [-0.25, -0.2) is 9.98 Å². The number of pyridine rings is 1. The van der Waals surface area contributed by atoms with E-state index in [4.69, 9.17) is 4.42 Å². The highest BCUT2D eigenvalue weighted by Gasteiger charge is 2.14. The van der Waals surface area contributed by atoms with Gasteiger partial charge in [0.2, 0.25) is 0 Å². The van der Waals surface area contributed by atoms with Gasteiger partial charge < -0.3 is 4.42 Å².